The summed E-state index contributed by atoms with van der Waals surface area (Å²) in [5.41, 5.74) is 0.320. The normalized spacial score (nSPS) is 15.6. The lowest BCUT2D eigenvalue weighted by Gasteiger charge is -2.16. The molecule has 1 amide bonds. The zero-order chi connectivity index (χ0) is 13.8. The molecule has 1 atom stereocenters. The fourth-order valence-corrected chi connectivity index (χ4v) is 1.99. The van der Waals surface area contributed by atoms with Crippen molar-refractivity contribution in [3.8, 4) is 5.88 Å². The lowest BCUT2D eigenvalue weighted by Crippen LogP contribution is -2.38. The molecule has 0 bridgehead atoms. The van der Waals surface area contributed by atoms with Crippen LogP contribution in [0.2, 0.25) is 0 Å². The molecule has 0 radical (unpaired) electrons. The summed E-state index contributed by atoms with van der Waals surface area (Å²) in [5, 5.41) is 11.6. The van der Waals surface area contributed by atoms with Gasteiger partial charge in [0.25, 0.3) is 5.91 Å². The number of aromatic nitrogens is 1. The largest absolute Gasteiger partial charge is 0.481 e. The Balaban J connectivity index is 2.08. The van der Waals surface area contributed by atoms with Gasteiger partial charge < -0.3 is 15.2 Å². The van der Waals surface area contributed by atoms with E-state index >= 15 is 0 Å². The van der Waals surface area contributed by atoms with Gasteiger partial charge >= 0.3 is 5.97 Å². The van der Waals surface area contributed by atoms with Gasteiger partial charge in [-0.1, -0.05) is 0 Å². The van der Waals surface area contributed by atoms with Crippen molar-refractivity contribution in [2.75, 3.05) is 7.11 Å². The fraction of sp³-hybridized carbons (Fsp3) is 0.462. The third-order valence-corrected chi connectivity index (χ3v) is 3.11. The fourth-order valence-electron chi connectivity index (χ4n) is 1.99. The quantitative estimate of drug-likeness (QED) is 0.802. The van der Waals surface area contributed by atoms with E-state index in [0.29, 0.717) is 5.56 Å². The molecule has 1 aliphatic carbocycles. The summed E-state index contributed by atoms with van der Waals surface area (Å²) in [4.78, 5) is 26.9. The molecule has 102 valence electrons. The van der Waals surface area contributed by atoms with Gasteiger partial charge in [0.2, 0.25) is 5.88 Å². The minimum Gasteiger partial charge on any atom is -0.481 e. The highest BCUT2D eigenvalue weighted by atomic mass is 16.5. The topological polar surface area (TPSA) is 88.5 Å². The van der Waals surface area contributed by atoms with Crippen LogP contribution in [0.15, 0.2) is 18.3 Å². The van der Waals surface area contributed by atoms with Gasteiger partial charge in [0.1, 0.15) is 5.56 Å². The number of carbonyl (C=O) groups excluding carboxylic acids is 1. The van der Waals surface area contributed by atoms with Gasteiger partial charge in [0, 0.05) is 12.2 Å². The number of ether oxygens (including phenoxy) is 1. The van der Waals surface area contributed by atoms with Crippen molar-refractivity contribution < 1.29 is 19.4 Å². The predicted octanol–water partition coefficient (Wildman–Crippen LogP) is 1.07. The van der Waals surface area contributed by atoms with Crippen LogP contribution in [0.1, 0.15) is 29.6 Å². The monoisotopic (exact) mass is 264 g/mol. The molecule has 1 unspecified atom stereocenters. The van der Waals surface area contributed by atoms with Crippen molar-refractivity contribution in [1.82, 2.24) is 10.3 Å². The van der Waals surface area contributed by atoms with Crippen molar-refractivity contribution in [3.63, 3.8) is 0 Å². The lowest BCUT2D eigenvalue weighted by molar-refractivity contribution is -0.137. The standard InChI is InChI=1S/C13H16N2O4/c1-19-13-9(3-2-6-14-13)12(18)15-10(7-11(16)17)8-4-5-8/h2-3,6,8,10H,4-5,7H2,1H3,(H,15,18)(H,16,17). The Bertz CT molecular complexity index is 485. The van der Waals surface area contributed by atoms with Crippen molar-refractivity contribution in [3.05, 3.63) is 23.9 Å². The summed E-state index contributed by atoms with van der Waals surface area (Å²) in [7, 11) is 1.44. The number of amides is 1. The van der Waals surface area contributed by atoms with Gasteiger partial charge in [0.15, 0.2) is 0 Å². The summed E-state index contributed by atoms with van der Waals surface area (Å²) >= 11 is 0. The number of pyridine rings is 1. The van der Waals surface area contributed by atoms with E-state index in [-0.39, 0.29) is 30.2 Å². The first kappa shape index (κ1) is 13.3. The van der Waals surface area contributed by atoms with Crippen LogP contribution in [0.5, 0.6) is 5.88 Å². The van der Waals surface area contributed by atoms with Gasteiger partial charge in [-0.2, -0.15) is 0 Å². The second-order valence-electron chi connectivity index (χ2n) is 4.58. The molecule has 1 aromatic rings. The second kappa shape index (κ2) is 5.69. The van der Waals surface area contributed by atoms with Crippen LogP contribution in [0.25, 0.3) is 0 Å². The molecule has 0 aromatic carbocycles. The number of carboxylic acid groups (broad SMARTS) is 1. The Morgan fingerprint density at radius 3 is 2.89 bits per heavy atom. The van der Waals surface area contributed by atoms with Crippen LogP contribution in [0, 0.1) is 5.92 Å². The van der Waals surface area contributed by atoms with E-state index in [9.17, 15) is 9.59 Å². The van der Waals surface area contributed by atoms with Crippen LogP contribution in [0.4, 0.5) is 0 Å². The maximum Gasteiger partial charge on any atom is 0.305 e. The van der Waals surface area contributed by atoms with Crippen molar-refractivity contribution in [1.29, 1.82) is 0 Å². The van der Waals surface area contributed by atoms with Crippen molar-refractivity contribution in [2.45, 2.75) is 25.3 Å². The molecule has 1 aliphatic rings. The van der Waals surface area contributed by atoms with E-state index < -0.39 is 5.97 Å². The number of nitrogens with one attached hydrogen (secondary N) is 1. The van der Waals surface area contributed by atoms with Crippen LogP contribution in [-0.4, -0.2) is 35.1 Å². The molecule has 2 rings (SSSR count). The number of aliphatic carboxylic acids is 1. The van der Waals surface area contributed by atoms with E-state index in [1.54, 1.807) is 12.1 Å². The van der Waals surface area contributed by atoms with Crippen LogP contribution < -0.4 is 10.1 Å². The Morgan fingerprint density at radius 2 is 2.32 bits per heavy atom. The van der Waals surface area contributed by atoms with E-state index in [2.05, 4.69) is 10.3 Å². The molecule has 6 heteroatoms. The Hall–Kier alpha value is -2.11. The average Bonchev–Trinajstić information content (AvgIpc) is 3.21. The molecular formula is C13H16N2O4. The first-order chi connectivity index (χ1) is 9.11. The highest BCUT2D eigenvalue weighted by Gasteiger charge is 2.34. The predicted molar refractivity (Wildman–Crippen MR) is 67.0 cm³/mol. The molecule has 0 aliphatic heterocycles. The van der Waals surface area contributed by atoms with Crippen LogP contribution in [-0.2, 0) is 4.79 Å². The molecule has 19 heavy (non-hydrogen) atoms. The first-order valence-corrected chi connectivity index (χ1v) is 6.13. The summed E-state index contributed by atoms with van der Waals surface area (Å²) in [6, 6.07) is 2.92. The zero-order valence-electron chi connectivity index (χ0n) is 10.6. The summed E-state index contributed by atoms with van der Waals surface area (Å²) < 4.78 is 5.02. The van der Waals surface area contributed by atoms with Crippen molar-refractivity contribution >= 4 is 11.9 Å². The number of hydrogen-bond acceptors (Lipinski definition) is 4. The zero-order valence-corrected chi connectivity index (χ0v) is 10.6. The lowest BCUT2D eigenvalue weighted by atomic mass is 10.1. The van der Waals surface area contributed by atoms with Crippen LogP contribution in [0.3, 0.4) is 0 Å². The van der Waals surface area contributed by atoms with Crippen molar-refractivity contribution in [2.24, 2.45) is 5.92 Å². The second-order valence-corrected chi connectivity index (χ2v) is 4.58. The minimum atomic E-state index is -0.907. The molecule has 6 nitrogen and oxygen atoms in total. The molecule has 0 saturated heterocycles. The molecular weight excluding hydrogens is 248 g/mol. The molecule has 2 N–H and O–H groups in total. The summed E-state index contributed by atoms with van der Waals surface area (Å²) in [6.07, 6.45) is 3.40. The van der Waals surface area contributed by atoms with Gasteiger partial charge in [0.05, 0.1) is 13.5 Å². The van der Waals surface area contributed by atoms with Gasteiger partial charge in [-0.3, -0.25) is 9.59 Å². The Morgan fingerprint density at radius 1 is 1.58 bits per heavy atom. The molecule has 1 aromatic heterocycles. The maximum atomic E-state index is 12.1. The van der Waals surface area contributed by atoms with Crippen LogP contribution >= 0.6 is 0 Å². The number of methoxy groups -OCH3 is 1. The number of carboxylic acids is 1. The van der Waals surface area contributed by atoms with Gasteiger partial charge in [-0.25, -0.2) is 4.98 Å². The first-order valence-electron chi connectivity index (χ1n) is 6.13. The van der Waals surface area contributed by atoms with E-state index in [0.717, 1.165) is 12.8 Å². The molecule has 1 fully saturated rings. The summed E-state index contributed by atoms with van der Waals surface area (Å²) in [5.74, 6) is -0.744. The van der Waals surface area contributed by atoms with Gasteiger partial charge in [-0.05, 0) is 30.9 Å². The maximum absolute atomic E-state index is 12.1. The number of rotatable bonds is 6. The smallest absolute Gasteiger partial charge is 0.305 e. The third kappa shape index (κ3) is 3.43. The highest BCUT2D eigenvalue weighted by Crippen LogP contribution is 2.34. The summed E-state index contributed by atoms with van der Waals surface area (Å²) in [6.45, 7) is 0. The molecule has 0 spiro atoms. The number of nitrogens with zero attached hydrogens (tertiary/aromatic N) is 1. The SMILES string of the molecule is COc1ncccc1C(=O)NC(CC(=O)O)C1CC1. The Kier molecular flexibility index (Phi) is 3.99. The molecule has 1 saturated carbocycles. The number of carbonyl (C=O) groups is 2. The van der Waals surface area contributed by atoms with Gasteiger partial charge in [-0.15, -0.1) is 0 Å². The van der Waals surface area contributed by atoms with E-state index in [4.69, 9.17) is 9.84 Å². The Labute approximate surface area is 110 Å². The molecule has 1 heterocycles. The minimum absolute atomic E-state index is 0.0566. The van der Waals surface area contributed by atoms with E-state index in [1.165, 1.54) is 13.3 Å². The third-order valence-electron chi connectivity index (χ3n) is 3.11. The highest BCUT2D eigenvalue weighted by molar-refractivity contribution is 5.96. The average molecular weight is 264 g/mol. The van der Waals surface area contributed by atoms with E-state index in [1.807, 2.05) is 0 Å². The number of hydrogen-bond donors (Lipinski definition) is 2.